The molecule has 0 aromatic heterocycles. The summed E-state index contributed by atoms with van der Waals surface area (Å²) < 4.78 is 9.95. The van der Waals surface area contributed by atoms with Gasteiger partial charge in [0.1, 0.15) is 12.0 Å². The SMILES string of the molecule is CC(C)CCCNC(=O)OCC1(C#N)COC1. The van der Waals surface area contributed by atoms with E-state index in [-0.39, 0.29) is 6.61 Å². The molecule has 0 spiro atoms. The van der Waals surface area contributed by atoms with Crippen molar-refractivity contribution in [1.29, 1.82) is 5.26 Å². The van der Waals surface area contributed by atoms with Gasteiger partial charge in [0.2, 0.25) is 0 Å². The molecule has 1 saturated heterocycles. The van der Waals surface area contributed by atoms with Gasteiger partial charge in [-0.2, -0.15) is 5.26 Å². The Morgan fingerprint density at radius 2 is 2.29 bits per heavy atom. The molecule has 1 amide bonds. The van der Waals surface area contributed by atoms with Crippen LogP contribution in [0.15, 0.2) is 0 Å². The van der Waals surface area contributed by atoms with E-state index in [0.29, 0.717) is 25.7 Å². The molecule has 0 radical (unpaired) electrons. The van der Waals surface area contributed by atoms with Crippen LogP contribution in [0.5, 0.6) is 0 Å². The fourth-order valence-electron chi connectivity index (χ4n) is 1.48. The topological polar surface area (TPSA) is 71.3 Å². The molecule has 0 saturated carbocycles. The Labute approximate surface area is 102 Å². The highest BCUT2D eigenvalue weighted by atomic mass is 16.6. The average Bonchev–Trinajstić information content (AvgIpc) is 2.23. The number of rotatable bonds is 6. The number of nitriles is 1. The lowest BCUT2D eigenvalue weighted by Crippen LogP contribution is -2.46. The summed E-state index contributed by atoms with van der Waals surface area (Å²) in [5.41, 5.74) is -0.616. The summed E-state index contributed by atoms with van der Waals surface area (Å²) in [6.07, 6.45) is 1.57. The third kappa shape index (κ3) is 4.61. The van der Waals surface area contributed by atoms with Crippen molar-refractivity contribution in [2.75, 3.05) is 26.4 Å². The summed E-state index contributed by atoms with van der Waals surface area (Å²) in [5.74, 6) is 0.641. The van der Waals surface area contributed by atoms with Gasteiger partial charge in [-0.3, -0.25) is 0 Å². The molecule has 0 aromatic carbocycles. The third-order valence-corrected chi connectivity index (χ3v) is 2.70. The molecule has 0 aromatic rings. The minimum atomic E-state index is -0.616. The van der Waals surface area contributed by atoms with Gasteiger partial charge in [-0.25, -0.2) is 4.79 Å². The molecule has 1 N–H and O–H groups in total. The molecule has 1 aliphatic rings. The number of carbonyl (C=O) groups excluding carboxylic acids is 1. The normalized spacial score (nSPS) is 17.1. The molecule has 1 aliphatic heterocycles. The summed E-state index contributed by atoms with van der Waals surface area (Å²) in [5, 5.41) is 11.6. The molecule has 96 valence electrons. The van der Waals surface area contributed by atoms with E-state index < -0.39 is 11.5 Å². The van der Waals surface area contributed by atoms with Crippen molar-refractivity contribution in [3.05, 3.63) is 0 Å². The van der Waals surface area contributed by atoms with Crippen LogP contribution in [0.25, 0.3) is 0 Å². The van der Waals surface area contributed by atoms with Crippen LogP contribution in [0.3, 0.4) is 0 Å². The first-order chi connectivity index (χ1) is 8.08. The number of hydrogen-bond acceptors (Lipinski definition) is 4. The Bertz CT molecular complexity index is 293. The molecule has 5 nitrogen and oxygen atoms in total. The fraction of sp³-hybridized carbons (Fsp3) is 0.833. The predicted molar refractivity (Wildman–Crippen MR) is 62.3 cm³/mol. The van der Waals surface area contributed by atoms with Gasteiger partial charge in [0.05, 0.1) is 19.3 Å². The Kier molecular flexibility index (Phi) is 5.23. The van der Waals surface area contributed by atoms with Crippen LogP contribution >= 0.6 is 0 Å². The second-order valence-corrected chi connectivity index (χ2v) is 4.92. The highest BCUT2D eigenvalue weighted by Gasteiger charge is 2.40. The summed E-state index contributed by atoms with van der Waals surface area (Å²) in [4.78, 5) is 11.3. The van der Waals surface area contributed by atoms with Gasteiger partial charge < -0.3 is 14.8 Å². The zero-order chi connectivity index (χ0) is 12.7. The lowest BCUT2D eigenvalue weighted by Gasteiger charge is -2.33. The standard InChI is InChI=1S/C12H20N2O3/c1-10(2)4-3-5-14-11(15)17-9-12(6-13)7-16-8-12/h10H,3-5,7-9H2,1-2H3,(H,14,15). The smallest absolute Gasteiger partial charge is 0.407 e. The van der Waals surface area contributed by atoms with Gasteiger partial charge in [-0.05, 0) is 18.8 Å². The zero-order valence-electron chi connectivity index (χ0n) is 10.5. The molecule has 0 aliphatic carbocycles. The largest absolute Gasteiger partial charge is 0.448 e. The molecule has 17 heavy (non-hydrogen) atoms. The fourth-order valence-corrected chi connectivity index (χ4v) is 1.48. The van der Waals surface area contributed by atoms with Crippen molar-refractivity contribution in [3.63, 3.8) is 0 Å². The maximum atomic E-state index is 11.3. The van der Waals surface area contributed by atoms with Crippen LogP contribution in [0.1, 0.15) is 26.7 Å². The van der Waals surface area contributed by atoms with E-state index in [0.717, 1.165) is 12.8 Å². The lowest BCUT2D eigenvalue weighted by atomic mass is 9.89. The number of nitrogens with zero attached hydrogens (tertiary/aromatic N) is 1. The first kappa shape index (κ1) is 13.8. The van der Waals surface area contributed by atoms with Crippen LogP contribution in [0.2, 0.25) is 0 Å². The molecule has 0 atom stereocenters. The summed E-state index contributed by atoms with van der Waals surface area (Å²) >= 11 is 0. The van der Waals surface area contributed by atoms with Gasteiger partial charge in [0.25, 0.3) is 0 Å². The van der Waals surface area contributed by atoms with Crippen molar-refractivity contribution >= 4 is 6.09 Å². The van der Waals surface area contributed by atoms with Crippen LogP contribution in [0.4, 0.5) is 4.79 Å². The van der Waals surface area contributed by atoms with Crippen LogP contribution < -0.4 is 5.32 Å². The van der Waals surface area contributed by atoms with Gasteiger partial charge in [0, 0.05) is 6.54 Å². The van der Waals surface area contributed by atoms with Crippen molar-refractivity contribution in [1.82, 2.24) is 5.32 Å². The maximum absolute atomic E-state index is 11.3. The number of carbonyl (C=O) groups is 1. The van der Waals surface area contributed by atoms with E-state index in [1.165, 1.54) is 0 Å². The quantitative estimate of drug-likeness (QED) is 0.717. The number of ether oxygens (including phenoxy) is 2. The maximum Gasteiger partial charge on any atom is 0.407 e. The molecule has 0 unspecified atom stereocenters. The van der Waals surface area contributed by atoms with Crippen molar-refractivity contribution in [3.8, 4) is 6.07 Å². The summed E-state index contributed by atoms with van der Waals surface area (Å²) in [6, 6.07) is 2.12. The zero-order valence-corrected chi connectivity index (χ0v) is 10.5. The predicted octanol–water partition coefficient (Wildman–Crippen LogP) is 1.69. The second-order valence-electron chi connectivity index (χ2n) is 4.92. The molecular weight excluding hydrogens is 220 g/mol. The second kappa shape index (κ2) is 6.45. The Morgan fingerprint density at radius 3 is 2.76 bits per heavy atom. The van der Waals surface area contributed by atoms with Crippen LogP contribution in [0, 0.1) is 22.7 Å². The highest BCUT2D eigenvalue weighted by molar-refractivity contribution is 5.67. The molecular formula is C12H20N2O3. The Hall–Kier alpha value is -1.28. The van der Waals surface area contributed by atoms with E-state index in [1.807, 2.05) is 0 Å². The van der Waals surface area contributed by atoms with Crippen molar-refractivity contribution in [2.45, 2.75) is 26.7 Å². The first-order valence-electron chi connectivity index (χ1n) is 5.98. The monoisotopic (exact) mass is 240 g/mol. The highest BCUT2D eigenvalue weighted by Crippen LogP contribution is 2.26. The summed E-state index contributed by atoms with van der Waals surface area (Å²) in [7, 11) is 0. The van der Waals surface area contributed by atoms with E-state index in [9.17, 15) is 4.79 Å². The van der Waals surface area contributed by atoms with Gasteiger partial charge >= 0.3 is 6.09 Å². The Balaban J connectivity index is 2.07. The first-order valence-corrected chi connectivity index (χ1v) is 5.98. The molecule has 1 heterocycles. The molecule has 5 heteroatoms. The number of alkyl carbamates (subject to hydrolysis) is 1. The number of nitrogens with one attached hydrogen (secondary N) is 1. The van der Waals surface area contributed by atoms with E-state index in [2.05, 4.69) is 25.2 Å². The Morgan fingerprint density at radius 1 is 1.59 bits per heavy atom. The van der Waals surface area contributed by atoms with Crippen LogP contribution in [-0.2, 0) is 9.47 Å². The third-order valence-electron chi connectivity index (χ3n) is 2.70. The van der Waals surface area contributed by atoms with Gasteiger partial charge in [-0.1, -0.05) is 13.8 Å². The molecule has 1 rings (SSSR count). The average molecular weight is 240 g/mol. The van der Waals surface area contributed by atoms with E-state index >= 15 is 0 Å². The van der Waals surface area contributed by atoms with E-state index in [1.54, 1.807) is 0 Å². The minimum Gasteiger partial charge on any atom is -0.448 e. The van der Waals surface area contributed by atoms with Crippen LogP contribution in [-0.4, -0.2) is 32.5 Å². The molecule has 1 fully saturated rings. The summed E-state index contributed by atoms with van der Waals surface area (Å²) in [6.45, 7) is 5.72. The number of hydrogen-bond donors (Lipinski definition) is 1. The van der Waals surface area contributed by atoms with E-state index in [4.69, 9.17) is 14.7 Å². The lowest BCUT2D eigenvalue weighted by molar-refractivity contribution is -0.102. The molecule has 0 bridgehead atoms. The number of amides is 1. The van der Waals surface area contributed by atoms with Crippen molar-refractivity contribution < 1.29 is 14.3 Å². The minimum absolute atomic E-state index is 0.111. The van der Waals surface area contributed by atoms with Crippen molar-refractivity contribution in [2.24, 2.45) is 11.3 Å². The van der Waals surface area contributed by atoms with Gasteiger partial charge in [0.15, 0.2) is 0 Å². The van der Waals surface area contributed by atoms with Gasteiger partial charge in [-0.15, -0.1) is 0 Å².